The molecule has 8 heteroatoms. The first kappa shape index (κ1) is 17.9. The molecule has 1 fully saturated rings. The van der Waals surface area contributed by atoms with Gasteiger partial charge in [-0.25, -0.2) is 8.42 Å². The number of likely N-dealkylation sites (tertiary alicyclic amines) is 1. The predicted octanol–water partition coefficient (Wildman–Crippen LogP) is 0.822. The van der Waals surface area contributed by atoms with Crippen molar-refractivity contribution in [3.05, 3.63) is 29.8 Å². The van der Waals surface area contributed by atoms with Crippen LogP contribution in [0.3, 0.4) is 0 Å². The second-order valence-electron chi connectivity index (χ2n) is 5.46. The first-order valence-corrected chi connectivity index (χ1v) is 9.05. The van der Waals surface area contributed by atoms with Gasteiger partial charge in [-0.15, -0.1) is 0 Å². The van der Waals surface area contributed by atoms with Gasteiger partial charge in [0.05, 0.1) is 24.1 Å². The van der Waals surface area contributed by atoms with Crippen LogP contribution in [0.15, 0.2) is 29.2 Å². The van der Waals surface area contributed by atoms with Gasteiger partial charge in [-0.2, -0.15) is 0 Å². The highest BCUT2D eigenvalue weighted by atomic mass is 32.2. The minimum Gasteiger partial charge on any atom is -0.366 e. The molecule has 1 aromatic rings. The maximum atomic E-state index is 12.8. The number of sulfonamides is 1. The molecular weight excluding hydrogens is 318 g/mol. The smallest absolute Gasteiger partial charge is 0.265 e. The van der Waals surface area contributed by atoms with Gasteiger partial charge in [0.1, 0.15) is 0 Å². The zero-order valence-electron chi connectivity index (χ0n) is 13.4. The molecule has 2 rings (SSSR count). The fourth-order valence-corrected chi connectivity index (χ4v) is 4.45. The third kappa shape index (κ3) is 3.72. The summed E-state index contributed by atoms with van der Waals surface area (Å²) < 4.78 is 26.6. The standard InChI is InChI=1S/C15H23N3O4S/c1-3-17-10-6-7-12(17)11-18(22-2)23(20,21)14-9-5-4-8-13(14)15(16)19/h4-5,8-9,12H,3,6-7,10-11H2,1-2H3,(H2,16,19). The average molecular weight is 341 g/mol. The SMILES string of the molecule is CCN1CCCC1CN(OC)S(=O)(=O)c1ccccc1C(N)=O. The Balaban J connectivity index is 2.31. The van der Waals surface area contributed by atoms with Crippen molar-refractivity contribution in [2.24, 2.45) is 5.73 Å². The summed E-state index contributed by atoms with van der Waals surface area (Å²) in [6.07, 6.45) is 1.95. The van der Waals surface area contributed by atoms with E-state index in [9.17, 15) is 13.2 Å². The van der Waals surface area contributed by atoms with Gasteiger partial charge in [-0.1, -0.05) is 23.5 Å². The van der Waals surface area contributed by atoms with Gasteiger partial charge < -0.3 is 5.73 Å². The minimum absolute atomic E-state index is 0.0340. The van der Waals surface area contributed by atoms with Crippen LogP contribution in [0.5, 0.6) is 0 Å². The number of hydrogen-bond donors (Lipinski definition) is 1. The van der Waals surface area contributed by atoms with Crippen molar-refractivity contribution in [3.8, 4) is 0 Å². The third-order valence-electron chi connectivity index (χ3n) is 4.17. The lowest BCUT2D eigenvalue weighted by molar-refractivity contribution is -0.0607. The summed E-state index contributed by atoms with van der Waals surface area (Å²) in [6.45, 7) is 4.09. The molecule has 1 amide bonds. The molecule has 1 saturated heterocycles. The first-order chi connectivity index (χ1) is 10.9. The molecule has 0 radical (unpaired) electrons. The highest BCUT2D eigenvalue weighted by Gasteiger charge is 2.33. The number of hydrogen-bond acceptors (Lipinski definition) is 5. The fourth-order valence-electron chi connectivity index (χ4n) is 2.97. The Morgan fingerprint density at radius 1 is 1.43 bits per heavy atom. The van der Waals surface area contributed by atoms with Crippen LogP contribution in [0, 0.1) is 0 Å². The van der Waals surface area contributed by atoms with Gasteiger partial charge in [0, 0.05) is 6.04 Å². The number of benzene rings is 1. The largest absolute Gasteiger partial charge is 0.366 e. The van der Waals surface area contributed by atoms with Gasteiger partial charge in [0.15, 0.2) is 0 Å². The number of nitrogens with zero attached hydrogens (tertiary/aromatic N) is 2. The normalized spacial score (nSPS) is 19.3. The van der Waals surface area contributed by atoms with E-state index < -0.39 is 15.9 Å². The summed E-state index contributed by atoms with van der Waals surface area (Å²) in [5, 5.41) is 0. The molecule has 23 heavy (non-hydrogen) atoms. The molecule has 1 aromatic carbocycles. The van der Waals surface area contributed by atoms with Crippen molar-refractivity contribution in [3.63, 3.8) is 0 Å². The summed E-state index contributed by atoms with van der Waals surface area (Å²) in [5.41, 5.74) is 5.26. The van der Waals surface area contributed by atoms with Gasteiger partial charge in [0.25, 0.3) is 10.0 Å². The lowest BCUT2D eigenvalue weighted by Gasteiger charge is -2.28. The highest BCUT2D eigenvalue weighted by molar-refractivity contribution is 7.89. The van der Waals surface area contributed by atoms with Crippen LogP contribution < -0.4 is 5.73 Å². The summed E-state index contributed by atoms with van der Waals surface area (Å²) in [7, 11) is -2.65. The third-order valence-corrected chi connectivity index (χ3v) is 5.91. The summed E-state index contributed by atoms with van der Waals surface area (Å²) in [5.74, 6) is -0.781. The van der Waals surface area contributed by atoms with Crippen LogP contribution in [-0.4, -0.2) is 56.5 Å². The van der Waals surface area contributed by atoms with E-state index in [0.29, 0.717) is 0 Å². The Labute approximate surface area is 137 Å². The second-order valence-corrected chi connectivity index (χ2v) is 7.26. The van der Waals surface area contributed by atoms with Crippen molar-refractivity contribution in [2.45, 2.75) is 30.7 Å². The Hall–Kier alpha value is -1.48. The van der Waals surface area contributed by atoms with Crippen molar-refractivity contribution < 1.29 is 18.0 Å². The summed E-state index contributed by atoms with van der Waals surface area (Å²) in [6, 6.07) is 6.01. The number of primary amides is 1. The number of carbonyl (C=O) groups excluding carboxylic acids is 1. The van der Waals surface area contributed by atoms with Crippen molar-refractivity contribution in [2.75, 3.05) is 26.7 Å². The summed E-state index contributed by atoms with van der Waals surface area (Å²) in [4.78, 5) is 18.7. The van der Waals surface area contributed by atoms with E-state index >= 15 is 0 Å². The first-order valence-electron chi connectivity index (χ1n) is 7.61. The topological polar surface area (TPSA) is 92.9 Å². The van der Waals surface area contributed by atoms with Gasteiger partial charge >= 0.3 is 0 Å². The molecule has 0 aliphatic carbocycles. The zero-order valence-corrected chi connectivity index (χ0v) is 14.3. The molecule has 1 aliphatic rings. The maximum absolute atomic E-state index is 12.8. The van der Waals surface area contributed by atoms with Gasteiger partial charge in [-0.3, -0.25) is 14.5 Å². The van der Waals surface area contributed by atoms with Crippen LogP contribution in [0.25, 0.3) is 0 Å². The van der Waals surface area contributed by atoms with E-state index in [1.165, 1.54) is 19.2 Å². The van der Waals surface area contributed by atoms with Crippen molar-refractivity contribution in [1.82, 2.24) is 9.37 Å². The monoisotopic (exact) mass is 341 g/mol. The van der Waals surface area contributed by atoms with Crippen LogP contribution >= 0.6 is 0 Å². The Kier molecular flexibility index (Phi) is 5.74. The Bertz CT molecular complexity index is 662. The van der Waals surface area contributed by atoms with E-state index in [4.69, 9.17) is 10.6 Å². The number of nitrogens with two attached hydrogens (primary N) is 1. The summed E-state index contributed by atoms with van der Waals surface area (Å²) >= 11 is 0. The molecule has 1 aliphatic heterocycles. The van der Waals surface area contributed by atoms with E-state index in [1.807, 2.05) is 6.92 Å². The van der Waals surface area contributed by atoms with E-state index in [-0.39, 0.29) is 23.0 Å². The van der Waals surface area contributed by atoms with Gasteiger partial charge in [-0.05, 0) is 38.1 Å². The molecule has 0 aromatic heterocycles. The van der Waals surface area contributed by atoms with E-state index in [0.717, 1.165) is 30.4 Å². The second kappa shape index (κ2) is 7.39. The van der Waals surface area contributed by atoms with Gasteiger partial charge in [0.2, 0.25) is 5.91 Å². The average Bonchev–Trinajstić information content (AvgIpc) is 2.99. The zero-order chi connectivity index (χ0) is 17.0. The van der Waals surface area contributed by atoms with E-state index in [1.54, 1.807) is 12.1 Å². The number of likely N-dealkylation sites (N-methyl/N-ethyl adjacent to an activating group) is 1. The number of hydroxylamine groups is 1. The molecule has 7 nitrogen and oxygen atoms in total. The number of carbonyl (C=O) groups is 1. The van der Waals surface area contributed by atoms with Crippen molar-refractivity contribution >= 4 is 15.9 Å². The Morgan fingerprint density at radius 2 is 2.13 bits per heavy atom. The molecule has 128 valence electrons. The van der Waals surface area contributed by atoms with Crippen molar-refractivity contribution in [1.29, 1.82) is 0 Å². The minimum atomic E-state index is -3.96. The molecule has 1 heterocycles. The maximum Gasteiger partial charge on any atom is 0.265 e. The Morgan fingerprint density at radius 3 is 2.74 bits per heavy atom. The fraction of sp³-hybridized carbons (Fsp3) is 0.533. The quantitative estimate of drug-likeness (QED) is 0.741. The van der Waals surface area contributed by atoms with Crippen LogP contribution in [0.2, 0.25) is 0 Å². The van der Waals surface area contributed by atoms with Crippen LogP contribution in [0.4, 0.5) is 0 Å². The lowest BCUT2D eigenvalue weighted by atomic mass is 10.2. The predicted molar refractivity (Wildman–Crippen MR) is 86.1 cm³/mol. The van der Waals surface area contributed by atoms with Crippen LogP contribution in [0.1, 0.15) is 30.1 Å². The molecule has 1 unspecified atom stereocenters. The lowest BCUT2D eigenvalue weighted by Crippen LogP contribution is -2.42. The van der Waals surface area contributed by atoms with E-state index in [2.05, 4.69) is 4.90 Å². The highest BCUT2D eigenvalue weighted by Crippen LogP contribution is 2.24. The van der Waals surface area contributed by atoms with Crippen LogP contribution in [-0.2, 0) is 14.9 Å². The number of rotatable bonds is 7. The molecule has 0 saturated carbocycles. The number of amides is 1. The molecule has 2 N–H and O–H groups in total. The molecule has 0 bridgehead atoms. The molecule has 0 spiro atoms. The molecule has 1 atom stereocenters. The molecular formula is C15H23N3O4S.